The number of hydrogen-bond donors (Lipinski definition) is 1. The first kappa shape index (κ1) is 12.7. The van der Waals surface area contributed by atoms with Crippen molar-refractivity contribution in [3.63, 3.8) is 0 Å². The molecule has 0 saturated heterocycles. The summed E-state index contributed by atoms with van der Waals surface area (Å²) in [6.07, 6.45) is 1.54. The van der Waals surface area contributed by atoms with E-state index in [1.807, 2.05) is 0 Å². The minimum Gasteiger partial charge on any atom is -0.478 e. The van der Waals surface area contributed by atoms with Crippen LogP contribution in [0, 0.1) is 12.8 Å². The van der Waals surface area contributed by atoms with Crippen LogP contribution in [-0.2, 0) is 11.3 Å². The van der Waals surface area contributed by atoms with Crippen molar-refractivity contribution < 1.29 is 14.6 Å². The van der Waals surface area contributed by atoms with Crippen LogP contribution in [0.3, 0.4) is 0 Å². The predicted molar refractivity (Wildman–Crippen MR) is 59.6 cm³/mol. The van der Waals surface area contributed by atoms with Gasteiger partial charge < -0.3 is 9.84 Å². The molecule has 1 heterocycles. The van der Waals surface area contributed by atoms with Gasteiger partial charge in [-0.25, -0.2) is 4.79 Å². The third-order valence-corrected chi connectivity index (χ3v) is 2.09. The summed E-state index contributed by atoms with van der Waals surface area (Å²) in [6, 6.07) is 0. The van der Waals surface area contributed by atoms with E-state index in [-0.39, 0.29) is 5.56 Å². The van der Waals surface area contributed by atoms with Gasteiger partial charge in [0.05, 0.1) is 18.8 Å². The number of carboxylic acids is 1. The lowest BCUT2D eigenvalue weighted by molar-refractivity contribution is 0.0695. The largest absolute Gasteiger partial charge is 0.478 e. The number of carbonyl (C=O) groups is 1. The van der Waals surface area contributed by atoms with Crippen LogP contribution in [-0.4, -0.2) is 34.1 Å². The highest BCUT2D eigenvalue weighted by atomic mass is 16.5. The molecule has 0 aromatic carbocycles. The summed E-state index contributed by atoms with van der Waals surface area (Å²) in [5, 5.41) is 12.9. The van der Waals surface area contributed by atoms with Crippen LogP contribution in [0.15, 0.2) is 6.20 Å². The molecule has 0 fully saturated rings. The second-order valence-electron chi connectivity index (χ2n) is 4.17. The van der Waals surface area contributed by atoms with E-state index in [9.17, 15) is 4.79 Å². The second kappa shape index (κ2) is 5.65. The zero-order valence-electron chi connectivity index (χ0n) is 9.93. The molecule has 0 aliphatic rings. The van der Waals surface area contributed by atoms with Gasteiger partial charge in [-0.15, -0.1) is 0 Å². The van der Waals surface area contributed by atoms with E-state index < -0.39 is 5.97 Å². The predicted octanol–water partition coefficient (Wildman–Crippen LogP) is 1.56. The molecular weight excluding hydrogens is 208 g/mol. The zero-order chi connectivity index (χ0) is 12.1. The van der Waals surface area contributed by atoms with E-state index in [2.05, 4.69) is 18.9 Å². The fraction of sp³-hybridized carbons (Fsp3) is 0.636. The van der Waals surface area contributed by atoms with Crippen molar-refractivity contribution in [2.24, 2.45) is 5.92 Å². The Balaban J connectivity index is 2.43. The molecule has 16 heavy (non-hydrogen) atoms. The van der Waals surface area contributed by atoms with Crippen LogP contribution < -0.4 is 0 Å². The van der Waals surface area contributed by atoms with Crippen LogP contribution in [0.2, 0.25) is 0 Å². The van der Waals surface area contributed by atoms with Crippen LogP contribution in [0.1, 0.15) is 29.9 Å². The summed E-state index contributed by atoms with van der Waals surface area (Å²) < 4.78 is 7.01. The lowest BCUT2D eigenvalue weighted by atomic mass is 10.2. The normalized spacial score (nSPS) is 11.0. The number of carboxylic acid groups (broad SMARTS) is 1. The first-order valence-electron chi connectivity index (χ1n) is 5.35. The van der Waals surface area contributed by atoms with Crippen molar-refractivity contribution >= 4 is 5.97 Å². The van der Waals surface area contributed by atoms with Crippen LogP contribution >= 0.6 is 0 Å². The number of rotatable bonds is 6. The maximum absolute atomic E-state index is 10.8. The molecule has 1 rings (SSSR count). The van der Waals surface area contributed by atoms with Crippen molar-refractivity contribution in [3.8, 4) is 0 Å². The summed E-state index contributed by atoms with van der Waals surface area (Å²) in [4.78, 5) is 10.8. The Bertz CT molecular complexity index is 358. The summed E-state index contributed by atoms with van der Waals surface area (Å²) in [5.74, 6) is -0.430. The molecule has 0 aliphatic heterocycles. The monoisotopic (exact) mass is 226 g/mol. The Labute approximate surface area is 95.0 Å². The molecule has 0 radical (unpaired) electrons. The van der Waals surface area contributed by atoms with Crippen molar-refractivity contribution in [2.75, 3.05) is 13.2 Å². The number of nitrogens with zero attached hydrogens (tertiary/aromatic N) is 2. The zero-order valence-corrected chi connectivity index (χ0v) is 9.93. The third kappa shape index (κ3) is 3.66. The minimum atomic E-state index is -0.938. The first-order valence-corrected chi connectivity index (χ1v) is 5.35. The molecule has 5 heteroatoms. The molecule has 0 amide bonds. The van der Waals surface area contributed by atoms with Gasteiger partial charge in [0, 0.05) is 12.8 Å². The average molecular weight is 226 g/mol. The van der Waals surface area contributed by atoms with Gasteiger partial charge in [0.2, 0.25) is 0 Å². The van der Waals surface area contributed by atoms with Crippen LogP contribution in [0.25, 0.3) is 0 Å². The van der Waals surface area contributed by atoms with E-state index >= 15 is 0 Å². The number of hydrogen-bond acceptors (Lipinski definition) is 3. The van der Waals surface area contributed by atoms with Crippen molar-refractivity contribution in [1.29, 1.82) is 0 Å². The molecule has 1 aromatic heterocycles. The first-order chi connectivity index (χ1) is 7.50. The molecule has 0 spiro atoms. The molecule has 1 aromatic rings. The molecule has 0 aliphatic carbocycles. The Morgan fingerprint density at radius 2 is 2.31 bits per heavy atom. The lowest BCUT2D eigenvalue weighted by Crippen LogP contribution is -2.09. The molecule has 0 bridgehead atoms. The van der Waals surface area contributed by atoms with Gasteiger partial charge in [-0.3, -0.25) is 4.68 Å². The third-order valence-electron chi connectivity index (χ3n) is 2.09. The quantitative estimate of drug-likeness (QED) is 0.748. The Hall–Kier alpha value is -1.36. The molecule has 1 N–H and O–H groups in total. The highest BCUT2D eigenvalue weighted by molar-refractivity contribution is 5.88. The SMILES string of the molecule is Cc1nn(CCOCC(C)C)cc1C(=O)O. The van der Waals surface area contributed by atoms with Gasteiger partial charge >= 0.3 is 5.97 Å². The van der Waals surface area contributed by atoms with Crippen LogP contribution in [0.4, 0.5) is 0 Å². The summed E-state index contributed by atoms with van der Waals surface area (Å²) >= 11 is 0. The summed E-state index contributed by atoms with van der Waals surface area (Å²) in [5.41, 5.74) is 0.792. The molecule has 0 atom stereocenters. The maximum atomic E-state index is 10.8. The summed E-state index contributed by atoms with van der Waals surface area (Å²) in [7, 11) is 0. The van der Waals surface area contributed by atoms with Crippen molar-refractivity contribution in [3.05, 3.63) is 17.5 Å². The molecule has 0 unspecified atom stereocenters. The van der Waals surface area contributed by atoms with E-state index in [4.69, 9.17) is 9.84 Å². The highest BCUT2D eigenvalue weighted by Crippen LogP contribution is 2.05. The van der Waals surface area contributed by atoms with Crippen LogP contribution in [0.5, 0.6) is 0 Å². The Morgan fingerprint density at radius 1 is 1.62 bits per heavy atom. The molecule has 0 saturated carbocycles. The minimum absolute atomic E-state index is 0.254. The van der Waals surface area contributed by atoms with Crippen molar-refractivity contribution in [1.82, 2.24) is 9.78 Å². The summed E-state index contributed by atoms with van der Waals surface area (Å²) in [6.45, 7) is 7.71. The Kier molecular flexibility index (Phi) is 4.49. The van der Waals surface area contributed by atoms with Gasteiger partial charge in [-0.1, -0.05) is 13.8 Å². The van der Waals surface area contributed by atoms with Gasteiger partial charge in [-0.05, 0) is 12.8 Å². The van der Waals surface area contributed by atoms with E-state index in [0.717, 1.165) is 0 Å². The van der Waals surface area contributed by atoms with Gasteiger partial charge in [0.1, 0.15) is 5.56 Å². The highest BCUT2D eigenvalue weighted by Gasteiger charge is 2.11. The van der Waals surface area contributed by atoms with E-state index in [0.29, 0.717) is 31.4 Å². The van der Waals surface area contributed by atoms with Gasteiger partial charge in [0.25, 0.3) is 0 Å². The molecular formula is C11H18N2O3. The molecule has 90 valence electrons. The van der Waals surface area contributed by atoms with Crippen molar-refractivity contribution in [2.45, 2.75) is 27.3 Å². The Morgan fingerprint density at radius 3 is 2.81 bits per heavy atom. The average Bonchev–Trinajstić information content (AvgIpc) is 2.54. The van der Waals surface area contributed by atoms with E-state index in [1.165, 1.54) is 6.20 Å². The van der Waals surface area contributed by atoms with Gasteiger partial charge in [0.15, 0.2) is 0 Å². The standard InChI is InChI=1S/C11H18N2O3/c1-8(2)7-16-5-4-13-6-10(11(14)15)9(3)12-13/h6,8H,4-5,7H2,1-3H3,(H,14,15). The second-order valence-corrected chi connectivity index (χ2v) is 4.17. The fourth-order valence-electron chi connectivity index (χ4n) is 1.32. The fourth-order valence-corrected chi connectivity index (χ4v) is 1.32. The number of ether oxygens (including phenoxy) is 1. The maximum Gasteiger partial charge on any atom is 0.339 e. The number of aryl methyl sites for hydroxylation is 1. The number of aromatic nitrogens is 2. The lowest BCUT2D eigenvalue weighted by Gasteiger charge is -2.06. The molecule has 5 nitrogen and oxygen atoms in total. The van der Waals surface area contributed by atoms with Gasteiger partial charge in [-0.2, -0.15) is 5.10 Å². The number of aromatic carboxylic acids is 1. The topological polar surface area (TPSA) is 64.4 Å². The smallest absolute Gasteiger partial charge is 0.339 e. The van der Waals surface area contributed by atoms with E-state index in [1.54, 1.807) is 11.6 Å².